The van der Waals surface area contributed by atoms with Crippen LogP contribution in [-0.4, -0.2) is 16.9 Å². The Kier molecular flexibility index (Phi) is 8.09. The van der Waals surface area contributed by atoms with Crippen molar-refractivity contribution in [1.82, 2.24) is 9.88 Å². The number of aromatic nitrogens is 1. The molecule has 0 unspecified atom stereocenters. The largest absolute Gasteiger partial charge is 0.510 e. The van der Waals surface area contributed by atoms with Gasteiger partial charge >= 0.3 is 0 Å². The molecule has 2 heterocycles. The van der Waals surface area contributed by atoms with Gasteiger partial charge in [-0.1, -0.05) is 54.2 Å². The molecule has 1 aliphatic heterocycles. The van der Waals surface area contributed by atoms with Gasteiger partial charge in [0.25, 0.3) is 0 Å². The number of hydrogen-bond donors (Lipinski definition) is 0. The smallest absolute Gasteiger partial charge is 0.135 e. The first-order valence-corrected chi connectivity index (χ1v) is 12.4. The number of hydrogen-bond acceptors (Lipinski definition) is 5. The molecule has 0 atom stereocenters. The van der Waals surface area contributed by atoms with Gasteiger partial charge in [-0.25, -0.2) is 4.98 Å². The molecule has 1 aliphatic rings. The van der Waals surface area contributed by atoms with Crippen LogP contribution in [0.4, 0.5) is 22.9 Å². The summed E-state index contributed by atoms with van der Waals surface area (Å²) < 4.78 is 6.22. The predicted octanol–water partition coefficient (Wildman–Crippen LogP) is 7.95. The summed E-state index contributed by atoms with van der Waals surface area (Å²) >= 11 is 0. The van der Waals surface area contributed by atoms with Crippen molar-refractivity contribution in [3.8, 4) is 22.6 Å². The summed E-state index contributed by atoms with van der Waals surface area (Å²) in [6.45, 7) is 1.98. The first kappa shape index (κ1) is 26.3. The second-order valence-corrected chi connectivity index (χ2v) is 8.83. The van der Waals surface area contributed by atoms with Crippen LogP contribution in [0.25, 0.3) is 11.1 Å². The van der Waals surface area contributed by atoms with Crippen molar-refractivity contribution in [3.05, 3.63) is 147 Å². The quantitative estimate of drug-likeness (QED) is 0.162. The molecule has 0 saturated carbocycles. The van der Waals surface area contributed by atoms with E-state index >= 15 is 0 Å². The fourth-order valence-electron chi connectivity index (χ4n) is 4.32. The topological polar surface area (TPSA) is 31.8 Å². The number of ether oxygens (including phenoxy) is 1. The normalized spacial score (nSPS) is 12.2. The number of benzene rings is 4. The summed E-state index contributed by atoms with van der Waals surface area (Å²) in [4.78, 5) is 10.7. The van der Waals surface area contributed by atoms with Gasteiger partial charge in [-0.15, -0.1) is 42.1 Å². The fraction of sp³-hybridized carbons (Fsp3) is 0.0303. The van der Waals surface area contributed by atoms with Gasteiger partial charge in [0.15, 0.2) is 0 Å². The summed E-state index contributed by atoms with van der Waals surface area (Å²) in [6.07, 6.45) is 5.76. The van der Waals surface area contributed by atoms with E-state index < -0.39 is 0 Å². The van der Waals surface area contributed by atoms with E-state index in [0.717, 1.165) is 34.0 Å². The monoisotopic (exact) mass is 688 g/mol. The SMILES string of the molecule is CN1C=CN(c2[c-]c(Oc3[c-]c(N(c4cccc(-c5ccccc5)c4)c4ccccn4)ccc3)ccc2)[CH-]1.[Pt]. The van der Waals surface area contributed by atoms with Crippen LogP contribution in [0.15, 0.2) is 128 Å². The van der Waals surface area contributed by atoms with Crippen molar-refractivity contribution in [1.29, 1.82) is 0 Å². The molecule has 0 fully saturated rings. The summed E-state index contributed by atoms with van der Waals surface area (Å²) in [5, 5.41) is 0. The zero-order valence-corrected chi connectivity index (χ0v) is 23.5. The first-order chi connectivity index (χ1) is 18.7. The molecular formula is C33H25N4OPt-3. The molecule has 0 aliphatic carbocycles. The van der Waals surface area contributed by atoms with Gasteiger partial charge in [-0.3, -0.25) is 0 Å². The maximum Gasteiger partial charge on any atom is 0.135 e. The van der Waals surface area contributed by atoms with Crippen LogP contribution in [0.1, 0.15) is 0 Å². The second kappa shape index (κ2) is 12.0. The molecule has 0 amide bonds. The molecule has 5 aromatic rings. The van der Waals surface area contributed by atoms with Gasteiger partial charge < -0.3 is 19.4 Å². The standard InChI is InChI=1S/C33H25N4O.Pt/c1-35-20-21-36(25-35)28-13-8-16-31(23-28)38-32-17-9-15-30(24-32)37(33-18-5-6-19-34-33)29-14-7-12-27(22-29)26-10-3-2-4-11-26;/h2-22,25H,1H3;/q-3;. The zero-order valence-electron chi connectivity index (χ0n) is 21.2. The van der Waals surface area contributed by atoms with E-state index in [1.165, 1.54) is 0 Å². The summed E-state index contributed by atoms with van der Waals surface area (Å²) in [7, 11) is 1.99. The Labute approximate surface area is 243 Å². The Balaban J connectivity index is 0.00000308. The third kappa shape index (κ3) is 6.05. The molecule has 4 aromatic carbocycles. The molecule has 6 heteroatoms. The number of rotatable bonds is 7. The van der Waals surface area contributed by atoms with Gasteiger partial charge in [-0.05, 0) is 54.8 Å². The minimum absolute atomic E-state index is 0. The first-order valence-electron chi connectivity index (χ1n) is 12.4. The van der Waals surface area contributed by atoms with E-state index in [0.29, 0.717) is 11.5 Å². The third-order valence-corrected chi connectivity index (χ3v) is 6.10. The summed E-state index contributed by atoms with van der Waals surface area (Å²) in [5.74, 6) is 2.00. The zero-order chi connectivity index (χ0) is 25.7. The van der Waals surface area contributed by atoms with Gasteiger partial charge in [-0.2, -0.15) is 18.8 Å². The van der Waals surface area contributed by atoms with E-state index in [2.05, 4.69) is 70.5 Å². The van der Waals surface area contributed by atoms with Gasteiger partial charge in [0, 0.05) is 44.4 Å². The molecule has 0 radical (unpaired) electrons. The van der Waals surface area contributed by atoms with Gasteiger partial charge in [0.1, 0.15) is 5.82 Å². The number of anilines is 4. The summed E-state index contributed by atoms with van der Waals surface area (Å²) in [5.41, 5.74) is 4.98. The molecule has 0 N–H and O–H groups in total. The van der Waals surface area contributed by atoms with Crippen LogP contribution < -0.4 is 14.5 Å². The van der Waals surface area contributed by atoms with Crippen molar-refractivity contribution in [2.75, 3.05) is 16.8 Å². The van der Waals surface area contributed by atoms with E-state index in [1.54, 1.807) is 6.20 Å². The molecule has 0 saturated heterocycles. The molecule has 5 nitrogen and oxygen atoms in total. The minimum atomic E-state index is 0. The van der Waals surface area contributed by atoms with E-state index in [4.69, 9.17) is 4.74 Å². The van der Waals surface area contributed by atoms with Gasteiger partial charge in [0.2, 0.25) is 0 Å². The molecule has 1 aromatic heterocycles. The van der Waals surface area contributed by atoms with Crippen molar-refractivity contribution in [3.63, 3.8) is 0 Å². The molecule has 0 bridgehead atoms. The van der Waals surface area contributed by atoms with Crippen LogP contribution in [0.5, 0.6) is 11.5 Å². The minimum Gasteiger partial charge on any atom is -0.510 e. The predicted molar refractivity (Wildman–Crippen MR) is 152 cm³/mol. The average molecular weight is 689 g/mol. The molecule has 0 spiro atoms. The fourth-order valence-corrected chi connectivity index (χ4v) is 4.32. The van der Waals surface area contributed by atoms with Crippen molar-refractivity contribution < 1.29 is 25.8 Å². The van der Waals surface area contributed by atoms with Crippen LogP contribution in [0.3, 0.4) is 0 Å². The average Bonchev–Trinajstić information content (AvgIpc) is 3.41. The van der Waals surface area contributed by atoms with Crippen LogP contribution in [-0.2, 0) is 21.1 Å². The van der Waals surface area contributed by atoms with Crippen LogP contribution in [0, 0.1) is 18.8 Å². The Morgan fingerprint density at radius 3 is 2.26 bits per heavy atom. The Hall–Kier alpha value is -4.34. The third-order valence-electron chi connectivity index (χ3n) is 6.10. The van der Waals surface area contributed by atoms with Gasteiger partial charge in [0.05, 0.1) is 0 Å². The molecular weight excluding hydrogens is 663 g/mol. The number of pyridine rings is 1. The van der Waals surface area contributed by atoms with Crippen molar-refractivity contribution in [2.24, 2.45) is 0 Å². The molecule has 196 valence electrons. The van der Waals surface area contributed by atoms with E-state index in [9.17, 15) is 0 Å². The van der Waals surface area contributed by atoms with Crippen LogP contribution in [0.2, 0.25) is 0 Å². The number of nitrogens with zero attached hydrogens (tertiary/aromatic N) is 4. The van der Waals surface area contributed by atoms with E-state index in [-0.39, 0.29) is 21.1 Å². The van der Waals surface area contributed by atoms with Crippen molar-refractivity contribution >= 4 is 22.9 Å². The maximum atomic E-state index is 6.22. The maximum absolute atomic E-state index is 6.22. The Bertz CT molecular complexity index is 1560. The van der Waals surface area contributed by atoms with Crippen LogP contribution >= 0.6 is 0 Å². The summed E-state index contributed by atoms with van der Waals surface area (Å²) in [6, 6.07) is 43.2. The Morgan fingerprint density at radius 2 is 1.49 bits per heavy atom. The molecule has 6 rings (SSSR count). The van der Waals surface area contributed by atoms with Crippen molar-refractivity contribution in [2.45, 2.75) is 0 Å². The van der Waals surface area contributed by atoms with E-state index in [1.807, 2.05) is 96.6 Å². The molecule has 39 heavy (non-hydrogen) atoms. The Morgan fingerprint density at radius 1 is 0.744 bits per heavy atom. The second-order valence-electron chi connectivity index (χ2n) is 8.83.